The third-order valence-electron chi connectivity index (χ3n) is 5.86. The van der Waals surface area contributed by atoms with E-state index < -0.39 is 11.7 Å². The summed E-state index contributed by atoms with van der Waals surface area (Å²) in [5, 5.41) is 6.88. The molecule has 9 nitrogen and oxygen atoms in total. The second kappa shape index (κ2) is 9.59. The number of hydrogen-bond donors (Lipinski definition) is 1. The SMILES string of the molecule is COc1ccc(-c2c(N3CCOCC3)ccc(NC(=O)c3cc4ncccn4n3)c2F)cc1OC. The summed E-state index contributed by atoms with van der Waals surface area (Å²) in [4.78, 5) is 19.1. The molecule has 5 rings (SSSR count). The third kappa shape index (κ3) is 4.35. The number of hydrogen-bond acceptors (Lipinski definition) is 7. The fourth-order valence-electron chi connectivity index (χ4n) is 4.12. The molecule has 0 bridgehead atoms. The number of halogens is 1. The van der Waals surface area contributed by atoms with Crippen LogP contribution in [-0.4, -0.2) is 61.0 Å². The molecule has 180 valence electrons. The maximum atomic E-state index is 16.1. The molecule has 1 aliphatic rings. The van der Waals surface area contributed by atoms with Crippen LogP contribution < -0.4 is 19.7 Å². The van der Waals surface area contributed by atoms with Gasteiger partial charge in [0.15, 0.2) is 28.7 Å². The van der Waals surface area contributed by atoms with Crippen LogP contribution in [0, 0.1) is 5.82 Å². The Kier molecular flexibility index (Phi) is 6.19. The van der Waals surface area contributed by atoms with E-state index in [9.17, 15) is 4.79 Å². The highest BCUT2D eigenvalue weighted by atomic mass is 19.1. The molecule has 0 spiro atoms. The van der Waals surface area contributed by atoms with Gasteiger partial charge in [-0.05, 0) is 35.9 Å². The summed E-state index contributed by atoms with van der Waals surface area (Å²) >= 11 is 0. The Morgan fingerprint density at radius 1 is 1.09 bits per heavy atom. The lowest BCUT2D eigenvalue weighted by atomic mass is 10.00. The number of nitrogens with one attached hydrogen (secondary N) is 1. The summed E-state index contributed by atoms with van der Waals surface area (Å²) in [7, 11) is 3.07. The number of rotatable bonds is 6. The van der Waals surface area contributed by atoms with E-state index in [4.69, 9.17) is 14.2 Å². The Bertz CT molecular complexity index is 1350. The molecule has 4 aromatic rings. The quantitative estimate of drug-likeness (QED) is 0.453. The predicted molar refractivity (Wildman–Crippen MR) is 129 cm³/mol. The van der Waals surface area contributed by atoms with Gasteiger partial charge in [-0.3, -0.25) is 4.79 Å². The van der Waals surface area contributed by atoms with E-state index in [1.54, 1.807) is 62.0 Å². The van der Waals surface area contributed by atoms with Crippen LogP contribution in [0.15, 0.2) is 54.9 Å². The molecule has 35 heavy (non-hydrogen) atoms. The minimum absolute atomic E-state index is 0.0433. The lowest BCUT2D eigenvalue weighted by Crippen LogP contribution is -2.36. The minimum atomic E-state index is -0.559. The molecule has 1 amide bonds. The lowest BCUT2D eigenvalue weighted by molar-refractivity contribution is 0.102. The highest BCUT2D eigenvalue weighted by molar-refractivity contribution is 6.04. The summed E-state index contributed by atoms with van der Waals surface area (Å²) < 4.78 is 33.8. The molecule has 1 N–H and O–H groups in total. The Morgan fingerprint density at radius 2 is 1.89 bits per heavy atom. The topological polar surface area (TPSA) is 90.2 Å². The third-order valence-corrected chi connectivity index (χ3v) is 5.86. The van der Waals surface area contributed by atoms with E-state index in [0.29, 0.717) is 60.3 Å². The van der Waals surface area contributed by atoms with Gasteiger partial charge in [0.25, 0.3) is 5.91 Å². The maximum Gasteiger partial charge on any atom is 0.276 e. The van der Waals surface area contributed by atoms with E-state index in [0.717, 1.165) is 0 Å². The Hall–Kier alpha value is -4.18. The van der Waals surface area contributed by atoms with Crippen molar-refractivity contribution in [1.29, 1.82) is 0 Å². The monoisotopic (exact) mass is 477 g/mol. The number of methoxy groups -OCH3 is 2. The van der Waals surface area contributed by atoms with E-state index in [1.807, 2.05) is 0 Å². The summed E-state index contributed by atoms with van der Waals surface area (Å²) in [6.07, 6.45) is 3.30. The fourth-order valence-corrected chi connectivity index (χ4v) is 4.12. The van der Waals surface area contributed by atoms with Crippen molar-refractivity contribution in [3.05, 3.63) is 66.4 Å². The summed E-state index contributed by atoms with van der Waals surface area (Å²) in [5.74, 6) is -0.0818. The van der Waals surface area contributed by atoms with Crippen LogP contribution in [0.4, 0.5) is 15.8 Å². The van der Waals surface area contributed by atoms with E-state index in [1.165, 1.54) is 11.6 Å². The summed E-state index contributed by atoms with van der Waals surface area (Å²) in [5.41, 5.74) is 2.34. The van der Waals surface area contributed by atoms with Crippen molar-refractivity contribution in [1.82, 2.24) is 14.6 Å². The Morgan fingerprint density at radius 3 is 2.63 bits per heavy atom. The normalized spacial score (nSPS) is 13.6. The van der Waals surface area contributed by atoms with Crippen LogP contribution in [0.2, 0.25) is 0 Å². The molecule has 1 saturated heterocycles. The summed E-state index contributed by atoms with van der Waals surface area (Å²) in [6.45, 7) is 2.35. The predicted octanol–water partition coefficient (Wildman–Crippen LogP) is 3.64. The van der Waals surface area contributed by atoms with Crippen molar-refractivity contribution in [2.75, 3.05) is 50.7 Å². The van der Waals surface area contributed by atoms with E-state index in [2.05, 4.69) is 20.3 Å². The average molecular weight is 477 g/mol. The number of benzene rings is 2. The molecule has 0 aliphatic carbocycles. The molecule has 0 radical (unpaired) electrons. The molecular formula is C25H24FN5O4. The standard InChI is InChI=1S/C25H24FN5O4/c1-33-20-7-4-16(14-21(20)34-2)23-19(30-10-12-35-13-11-30)6-5-17(24(23)26)28-25(32)18-15-22-27-8-3-9-31(22)29-18/h3-9,14-15H,10-13H2,1-2H3,(H,28,32). The lowest BCUT2D eigenvalue weighted by Gasteiger charge is -2.31. The fraction of sp³-hybridized carbons (Fsp3) is 0.240. The molecule has 1 aliphatic heterocycles. The number of aromatic nitrogens is 3. The number of carbonyl (C=O) groups excluding carboxylic acids is 1. The van der Waals surface area contributed by atoms with Gasteiger partial charge < -0.3 is 24.4 Å². The van der Waals surface area contributed by atoms with Crippen LogP contribution in [0.1, 0.15) is 10.5 Å². The van der Waals surface area contributed by atoms with E-state index >= 15 is 4.39 Å². The Labute approximate surface area is 201 Å². The van der Waals surface area contributed by atoms with Crippen LogP contribution in [-0.2, 0) is 4.74 Å². The van der Waals surface area contributed by atoms with Gasteiger partial charge >= 0.3 is 0 Å². The van der Waals surface area contributed by atoms with Gasteiger partial charge in [-0.2, -0.15) is 5.10 Å². The smallest absolute Gasteiger partial charge is 0.276 e. The van der Waals surface area contributed by atoms with Crippen LogP contribution in [0.3, 0.4) is 0 Å². The molecule has 3 heterocycles. The van der Waals surface area contributed by atoms with Gasteiger partial charge in [-0.25, -0.2) is 13.9 Å². The zero-order chi connectivity index (χ0) is 24.4. The second-order valence-electron chi connectivity index (χ2n) is 7.90. The Balaban J connectivity index is 1.56. The molecule has 1 fully saturated rings. The first-order chi connectivity index (χ1) is 17.1. The number of anilines is 2. The average Bonchev–Trinajstić information content (AvgIpc) is 3.34. The van der Waals surface area contributed by atoms with Crippen LogP contribution in [0.25, 0.3) is 16.8 Å². The zero-order valence-corrected chi connectivity index (χ0v) is 19.3. The van der Waals surface area contributed by atoms with Gasteiger partial charge in [0, 0.05) is 42.8 Å². The molecule has 0 saturated carbocycles. The molecular weight excluding hydrogens is 453 g/mol. The number of amides is 1. The minimum Gasteiger partial charge on any atom is -0.493 e. The second-order valence-corrected chi connectivity index (χ2v) is 7.90. The number of ether oxygens (including phenoxy) is 3. The number of nitrogens with zero attached hydrogens (tertiary/aromatic N) is 4. The molecule has 2 aromatic carbocycles. The van der Waals surface area contributed by atoms with Gasteiger partial charge in [0.2, 0.25) is 0 Å². The zero-order valence-electron chi connectivity index (χ0n) is 19.3. The van der Waals surface area contributed by atoms with E-state index in [-0.39, 0.29) is 11.4 Å². The van der Waals surface area contributed by atoms with Gasteiger partial charge in [0.05, 0.1) is 33.1 Å². The van der Waals surface area contributed by atoms with Gasteiger partial charge in [-0.1, -0.05) is 6.07 Å². The largest absolute Gasteiger partial charge is 0.493 e. The van der Waals surface area contributed by atoms with Crippen molar-refractivity contribution in [3.63, 3.8) is 0 Å². The van der Waals surface area contributed by atoms with Crippen molar-refractivity contribution in [3.8, 4) is 22.6 Å². The first-order valence-electron chi connectivity index (χ1n) is 11.1. The first-order valence-corrected chi connectivity index (χ1v) is 11.1. The van der Waals surface area contributed by atoms with Crippen LogP contribution >= 0.6 is 0 Å². The van der Waals surface area contributed by atoms with Crippen molar-refractivity contribution >= 4 is 22.9 Å². The molecule has 0 unspecified atom stereocenters. The van der Waals surface area contributed by atoms with Crippen LogP contribution in [0.5, 0.6) is 11.5 Å². The van der Waals surface area contributed by atoms with Gasteiger partial charge in [0.1, 0.15) is 0 Å². The number of morpholine rings is 1. The number of carbonyl (C=O) groups is 1. The summed E-state index contributed by atoms with van der Waals surface area (Å²) in [6, 6.07) is 11.8. The van der Waals surface area contributed by atoms with Crippen molar-refractivity contribution in [2.24, 2.45) is 0 Å². The maximum absolute atomic E-state index is 16.1. The molecule has 0 atom stereocenters. The molecule has 10 heteroatoms. The molecule has 2 aromatic heterocycles. The highest BCUT2D eigenvalue weighted by Crippen LogP contribution is 2.40. The number of fused-ring (bicyclic) bond motifs is 1. The van der Waals surface area contributed by atoms with Gasteiger partial charge in [-0.15, -0.1) is 0 Å². The first kappa shape index (κ1) is 22.6. The van der Waals surface area contributed by atoms with Crippen molar-refractivity contribution < 1.29 is 23.4 Å². The highest BCUT2D eigenvalue weighted by Gasteiger charge is 2.24. The van der Waals surface area contributed by atoms with Crippen molar-refractivity contribution in [2.45, 2.75) is 0 Å².